The molecule has 152 valence electrons. The number of benzene rings is 2. The lowest BCUT2D eigenvalue weighted by Crippen LogP contribution is -3.14. The van der Waals surface area contributed by atoms with E-state index in [1.165, 1.54) is 0 Å². The van der Waals surface area contributed by atoms with Gasteiger partial charge in [0.1, 0.15) is 6.04 Å². The molecule has 0 aliphatic carbocycles. The Morgan fingerprint density at radius 2 is 1.79 bits per heavy atom. The van der Waals surface area contributed by atoms with Crippen LogP contribution in [0.4, 0.5) is 18.9 Å². The molecule has 1 unspecified atom stereocenters. The molecule has 0 radical (unpaired) electrons. The number of hydrogen-bond donors (Lipinski definition) is 3. The molecule has 0 saturated heterocycles. The van der Waals surface area contributed by atoms with Crippen LogP contribution in [-0.4, -0.2) is 36.3 Å². The van der Waals surface area contributed by atoms with Crippen LogP contribution in [0, 0.1) is 24.4 Å². The number of halogens is 3. The van der Waals surface area contributed by atoms with Crippen LogP contribution in [-0.2, 0) is 4.79 Å². The summed E-state index contributed by atoms with van der Waals surface area (Å²) in [6.45, 7) is 3.35. The Balaban J connectivity index is 1.72. The van der Waals surface area contributed by atoms with E-state index in [9.17, 15) is 22.8 Å². The van der Waals surface area contributed by atoms with Gasteiger partial charge in [-0.1, -0.05) is 18.2 Å². The minimum Gasteiger partial charge on any atom is -0.358 e. The fourth-order valence-electron chi connectivity index (χ4n) is 3.26. The maximum atomic E-state index is 13.7. The van der Waals surface area contributed by atoms with Crippen molar-refractivity contribution in [3.05, 3.63) is 65.1 Å². The lowest BCUT2D eigenvalue weighted by Gasteiger charge is -2.20. The number of aromatic nitrogens is 1. The summed E-state index contributed by atoms with van der Waals surface area (Å²) < 4.78 is 40.0. The van der Waals surface area contributed by atoms with Crippen molar-refractivity contribution in [1.82, 2.24) is 4.98 Å². The van der Waals surface area contributed by atoms with Gasteiger partial charge < -0.3 is 15.2 Å². The average Bonchev–Trinajstić information content (AvgIpc) is 3.02. The van der Waals surface area contributed by atoms with Crippen LogP contribution in [0.2, 0.25) is 0 Å². The molecule has 5 nitrogen and oxygen atoms in total. The molecule has 2 aromatic carbocycles. The number of ketones is 1. The number of carbonyl (C=O) groups excluding carboxylic acids is 2. The Morgan fingerprint density at radius 3 is 2.52 bits per heavy atom. The first-order valence-corrected chi connectivity index (χ1v) is 9.08. The van der Waals surface area contributed by atoms with E-state index in [1.807, 2.05) is 31.2 Å². The zero-order valence-corrected chi connectivity index (χ0v) is 16.2. The minimum atomic E-state index is -1.65. The van der Waals surface area contributed by atoms with Crippen LogP contribution in [0.25, 0.3) is 10.9 Å². The molecule has 2 atom stereocenters. The van der Waals surface area contributed by atoms with Gasteiger partial charge >= 0.3 is 0 Å². The van der Waals surface area contributed by atoms with Crippen molar-refractivity contribution >= 4 is 28.3 Å². The molecule has 1 heterocycles. The zero-order chi connectivity index (χ0) is 21.3. The number of fused-ring (bicyclic) bond motifs is 1. The second kappa shape index (κ2) is 8.08. The lowest BCUT2D eigenvalue weighted by molar-refractivity contribution is -0.885. The molecule has 0 saturated carbocycles. The molecular weight excluding hydrogens is 383 g/mol. The van der Waals surface area contributed by atoms with E-state index >= 15 is 0 Å². The van der Waals surface area contributed by atoms with Crippen molar-refractivity contribution in [3.63, 3.8) is 0 Å². The molecule has 0 aliphatic heterocycles. The number of likely N-dealkylation sites (N-methyl/N-ethyl adjacent to an activating group) is 1. The number of aromatic amines is 1. The Bertz CT molecular complexity index is 1090. The third-order valence-corrected chi connectivity index (χ3v) is 5.02. The molecule has 1 amide bonds. The van der Waals surface area contributed by atoms with Crippen LogP contribution >= 0.6 is 0 Å². The quantitative estimate of drug-likeness (QED) is 0.437. The zero-order valence-electron chi connectivity index (χ0n) is 16.2. The molecule has 0 aliphatic rings. The molecule has 3 aromatic rings. The monoisotopic (exact) mass is 404 g/mol. The summed E-state index contributed by atoms with van der Waals surface area (Å²) in [4.78, 5) is 29.0. The second-order valence-electron chi connectivity index (χ2n) is 7.05. The number of hydrogen-bond acceptors (Lipinski definition) is 2. The van der Waals surface area contributed by atoms with E-state index in [0.29, 0.717) is 10.5 Å². The number of Topliss-reactive ketones (excluding diaryl/α,β-unsaturated/α-hetero) is 1. The molecule has 1 aromatic heterocycles. The van der Waals surface area contributed by atoms with Gasteiger partial charge in [-0.05, 0) is 32.0 Å². The topological polar surface area (TPSA) is 66.4 Å². The Labute approximate surface area is 165 Å². The number of anilines is 1. The number of H-pyrrole nitrogens is 1. The summed E-state index contributed by atoms with van der Waals surface area (Å²) >= 11 is 0. The number of quaternary nitrogens is 1. The summed E-state index contributed by atoms with van der Waals surface area (Å²) in [5, 5.41) is 3.03. The third-order valence-electron chi connectivity index (χ3n) is 5.02. The fraction of sp³-hybridized carbons (Fsp3) is 0.238. The van der Waals surface area contributed by atoms with E-state index in [-0.39, 0.29) is 12.3 Å². The molecule has 8 heteroatoms. The van der Waals surface area contributed by atoms with Crippen LogP contribution in [0.3, 0.4) is 0 Å². The molecule has 0 spiro atoms. The molecular formula is C21H21F3N3O2+. The van der Waals surface area contributed by atoms with Crippen LogP contribution in [0.1, 0.15) is 23.0 Å². The SMILES string of the molecule is Cc1[nH]c2ccccc2c1C(=O)[C@H](C)[NH+](C)CC(=O)Nc1ccc(F)c(F)c1F. The molecule has 0 fully saturated rings. The number of carbonyl (C=O) groups is 2. The maximum absolute atomic E-state index is 13.7. The second-order valence-corrected chi connectivity index (χ2v) is 7.05. The van der Waals surface area contributed by atoms with Gasteiger partial charge in [-0.15, -0.1) is 0 Å². The Morgan fingerprint density at radius 1 is 1.10 bits per heavy atom. The first-order valence-electron chi connectivity index (χ1n) is 9.08. The van der Waals surface area contributed by atoms with Crippen LogP contribution in [0.5, 0.6) is 0 Å². The summed E-state index contributed by atoms with van der Waals surface area (Å²) in [7, 11) is 1.66. The normalized spacial score (nSPS) is 13.3. The smallest absolute Gasteiger partial charge is 0.279 e. The Kier molecular flexibility index (Phi) is 5.74. The number of rotatable bonds is 6. The van der Waals surface area contributed by atoms with Gasteiger partial charge in [0.05, 0.1) is 18.3 Å². The molecule has 3 N–H and O–H groups in total. The lowest BCUT2D eigenvalue weighted by atomic mass is 10.0. The van der Waals surface area contributed by atoms with Crippen LogP contribution in [0.15, 0.2) is 36.4 Å². The van der Waals surface area contributed by atoms with E-state index in [1.54, 1.807) is 14.0 Å². The highest BCUT2D eigenvalue weighted by Gasteiger charge is 2.28. The van der Waals surface area contributed by atoms with E-state index < -0.39 is 35.1 Å². The molecule has 0 bridgehead atoms. The standard InChI is InChI=1S/C21H20F3N3O2/c1-11-18(13-6-4-5-7-15(13)25-11)21(29)12(2)27(3)10-17(28)26-16-9-8-14(22)19(23)20(16)24/h4-9,12,25H,10H2,1-3H3,(H,26,28)/p+1/t12-/m0/s1. The van der Waals surface area contributed by atoms with Crippen LogP contribution < -0.4 is 10.2 Å². The Hall–Kier alpha value is -3.13. The first kappa shape index (κ1) is 20.6. The van der Waals surface area contributed by atoms with Gasteiger partial charge in [0.2, 0.25) is 5.78 Å². The summed E-state index contributed by atoms with van der Waals surface area (Å²) in [5.41, 5.74) is 1.71. The van der Waals surface area contributed by atoms with E-state index in [4.69, 9.17) is 0 Å². The van der Waals surface area contributed by atoms with Crippen molar-refractivity contribution < 1.29 is 27.7 Å². The van der Waals surface area contributed by atoms with Gasteiger partial charge in [0.15, 0.2) is 24.0 Å². The van der Waals surface area contributed by atoms with Gasteiger partial charge in [-0.3, -0.25) is 9.59 Å². The van der Waals surface area contributed by atoms with Gasteiger partial charge in [0.25, 0.3) is 5.91 Å². The number of aryl methyl sites for hydroxylation is 1. The van der Waals surface area contributed by atoms with Crippen molar-refractivity contribution in [1.29, 1.82) is 0 Å². The maximum Gasteiger partial charge on any atom is 0.279 e. The van der Waals surface area contributed by atoms with Gasteiger partial charge in [0, 0.05) is 16.6 Å². The third kappa shape index (κ3) is 4.02. The highest BCUT2D eigenvalue weighted by molar-refractivity contribution is 6.11. The highest BCUT2D eigenvalue weighted by Crippen LogP contribution is 2.23. The fourth-order valence-corrected chi connectivity index (χ4v) is 3.26. The molecule has 29 heavy (non-hydrogen) atoms. The van der Waals surface area contributed by atoms with Crippen molar-refractivity contribution in [2.24, 2.45) is 0 Å². The van der Waals surface area contributed by atoms with E-state index in [0.717, 1.165) is 28.7 Å². The van der Waals surface area contributed by atoms with Crippen molar-refractivity contribution in [3.8, 4) is 0 Å². The minimum absolute atomic E-state index is 0.135. The first-order chi connectivity index (χ1) is 13.7. The molecule has 3 rings (SSSR count). The van der Waals surface area contributed by atoms with Gasteiger partial charge in [-0.25, -0.2) is 13.2 Å². The summed E-state index contributed by atoms with van der Waals surface area (Å²) in [6.07, 6.45) is 0. The summed E-state index contributed by atoms with van der Waals surface area (Å²) in [6, 6.07) is 8.57. The number of amides is 1. The van der Waals surface area contributed by atoms with E-state index in [2.05, 4.69) is 10.3 Å². The van der Waals surface area contributed by atoms with Crippen molar-refractivity contribution in [2.75, 3.05) is 18.9 Å². The number of nitrogens with one attached hydrogen (secondary N) is 3. The van der Waals surface area contributed by atoms with Crippen molar-refractivity contribution in [2.45, 2.75) is 19.9 Å². The largest absolute Gasteiger partial charge is 0.358 e. The number of para-hydroxylation sites is 1. The van der Waals surface area contributed by atoms with Gasteiger partial charge in [-0.2, -0.15) is 0 Å². The predicted molar refractivity (Wildman–Crippen MR) is 104 cm³/mol. The summed E-state index contributed by atoms with van der Waals surface area (Å²) in [5.74, 6) is -5.21. The predicted octanol–water partition coefficient (Wildman–Crippen LogP) is 2.62. The average molecular weight is 404 g/mol. The highest BCUT2D eigenvalue weighted by atomic mass is 19.2.